The average Bonchev–Trinajstić information content (AvgIpc) is 2.10. The average molecular weight is 222 g/mol. The van der Waals surface area contributed by atoms with Crippen LogP contribution < -0.4 is 0 Å². The Morgan fingerprint density at radius 3 is 2.38 bits per heavy atom. The molecule has 1 aliphatic carbocycles. The molecule has 1 atom stereocenters. The van der Waals surface area contributed by atoms with Gasteiger partial charge in [0.2, 0.25) is 0 Å². The predicted octanol–water partition coefficient (Wildman–Crippen LogP) is 3.63. The first-order chi connectivity index (χ1) is 7.20. The van der Waals surface area contributed by atoms with Gasteiger partial charge in [0, 0.05) is 18.4 Å². The van der Waals surface area contributed by atoms with E-state index < -0.39 is 0 Å². The number of rotatable bonds is 2. The molecule has 0 radical (unpaired) electrons. The number of carbonyl (C=O) groups is 1. The van der Waals surface area contributed by atoms with E-state index in [0.717, 1.165) is 23.3 Å². The van der Waals surface area contributed by atoms with Crippen molar-refractivity contribution in [3.05, 3.63) is 23.5 Å². The van der Waals surface area contributed by atoms with E-state index in [-0.39, 0.29) is 17.3 Å². The van der Waals surface area contributed by atoms with Crippen LogP contribution in [0.2, 0.25) is 0 Å². The molecule has 1 rings (SSSR count). The summed E-state index contributed by atoms with van der Waals surface area (Å²) in [5, 5.41) is 0. The molecule has 16 heavy (non-hydrogen) atoms. The molecule has 0 saturated heterocycles. The first-order valence-corrected chi connectivity index (χ1v) is 5.78. The van der Waals surface area contributed by atoms with Gasteiger partial charge in [0.25, 0.3) is 0 Å². The molecule has 1 unspecified atom stereocenters. The molecule has 0 aliphatic heterocycles. The second-order valence-corrected chi connectivity index (χ2v) is 5.64. The second kappa shape index (κ2) is 4.44. The van der Waals surface area contributed by atoms with Gasteiger partial charge >= 0.3 is 0 Å². The summed E-state index contributed by atoms with van der Waals surface area (Å²) in [7, 11) is 0. The molecule has 0 fully saturated rings. The van der Waals surface area contributed by atoms with Crippen LogP contribution in [0.15, 0.2) is 23.5 Å². The van der Waals surface area contributed by atoms with Crippen LogP contribution >= 0.6 is 0 Å². The van der Waals surface area contributed by atoms with Crippen LogP contribution in [0.1, 0.15) is 47.5 Å². The van der Waals surface area contributed by atoms with E-state index >= 15 is 0 Å². The van der Waals surface area contributed by atoms with Crippen LogP contribution in [0.3, 0.4) is 0 Å². The quantitative estimate of drug-likeness (QED) is 0.667. The monoisotopic (exact) mass is 222 g/mol. The van der Waals surface area contributed by atoms with Crippen LogP contribution in [-0.4, -0.2) is 11.4 Å². The Kier molecular flexibility index (Phi) is 3.61. The fourth-order valence-corrected chi connectivity index (χ4v) is 1.82. The van der Waals surface area contributed by atoms with Crippen LogP contribution in [0, 0.1) is 5.92 Å². The van der Waals surface area contributed by atoms with Gasteiger partial charge in [-0.15, -0.1) is 0 Å². The highest BCUT2D eigenvalue weighted by Crippen LogP contribution is 2.33. The lowest BCUT2D eigenvalue weighted by molar-refractivity contribution is -0.117. The SMILES string of the molecule is C=C(C)C1CC(=O)C(C)=C(OC(C)(C)C)C1. The summed E-state index contributed by atoms with van der Waals surface area (Å²) in [5.41, 5.74) is 1.61. The van der Waals surface area contributed by atoms with Gasteiger partial charge in [-0.2, -0.15) is 0 Å². The minimum atomic E-state index is -0.242. The third-order valence-corrected chi connectivity index (χ3v) is 2.83. The van der Waals surface area contributed by atoms with Crippen molar-refractivity contribution in [3.63, 3.8) is 0 Å². The van der Waals surface area contributed by atoms with Gasteiger partial charge in [0.1, 0.15) is 11.4 Å². The fourth-order valence-electron chi connectivity index (χ4n) is 1.82. The Bertz CT molecular complexity index is 342. The van der Waals surface area contributed by atoms with Gasteiger partial charge in [-0.25, -0.2) is 0 Å². The van der Waals surface area contributed by atoms with Crippen molar-refractivity contribution >= 4 is 5.78 Å². The molecule has 0 saturated carbocycles. The molecule has 0 bridgehead atoms. The molecule has 0 spiro atoms. The Morgan fingerprint density at radius 1 is 1.38 bits per heavy atom. The van der Waals surface area contributed by atoms with Gasteiger partial charge in [-0.3, -0.25) is 4.79 Å². The van der Waals surface area contributed by atoms with Crippen molar-refractivity contribution in [2.45, 2.75) is 53.1 Å². The molecule has 0 aromatic heterocycles. The van der Waals surface area contributed by atoms with E-state index in [1.165, 1.54) is 0 Å². The summed E-state index contributed by atoms with van der Waals surface area (Å²) >= 11 is 0. The van der Waals surface area contributed by atoms with Crippen molar-refractivity contribution < 1.29 is 9.53 Å². The molecule has 2 heteroatoms. The molecule has 1 aliphatic rings. The zero-order valence-electron chi connectivity index (χ0n) is 11.0. The Labute approximate surface area is 98.4 Å². The van der Waals surface area contributed by atoms with Crippen LogP contribution in [0.5, 0.6) is 0 Å². The van der Waals surface area contributed by atoms with Crippen molar-refractivity contribution in [1.82, 2.24) is 0 Å². The number of allylic oxidation sites excluding steroid dienone is 3. The highest BCUT2D eigenvalue weighted by atomic mass is 16.5. The fraction of sp³-hybridized carbons (Fsp3) is 0.643. The number of Topliss-reactive ketones (excluding diaryl/α,β-unsaturated/α-hetero) is 1. The van der Waals surface area contributed by atoms with Gasteiger partial charge < -0.3 is 4.74 Å². The van der Waals surface area contributed by atoms with Gasteiger partial charge in [-0.05, 0) is 40.5 Å². The third kappa shape index (κ3) is 3.22. The standard InChI is InChI=1S/C14H22O2/c1-9(2)11-7-12(15)10(3)13(8-11)16-14(4,5)6/h11H,1,7-8H2,2-6H3. The van der Waals surface area contributed by atoms with E-state index in [1.54, 1.807) is 0 Å². The summed E-state index contributed by atoms with van der Waals surface area (Å²) in [6.07, 6.45) is 1.39. The van der Waals surface area contributed by atoms with Crippen LogP contribution in [0.4, 0.5) is 0 Å². The maximum atomic E-state index is 11.8. The lowest BCUT2D eigenvalue weighted by Crippen LogP contribution is -2.26. The van der Waals surface area contributed by atoms with Crippen molar-refractivity contribution in [1.29, 1.82) is 0 Å². The molecule has 0 aromatic carbocycles. The number of ketones is 1. The van der Waals surface area contributed by atoms with Gasteiger partial charge in [0.15, 0.2) is 5.78 Å². The Morgan fingerprint density at radius 2 is 1.94 bits per heavy atom. The number of hydrogen-bond acceptors (Lipinski definition) is 2. The van der Waals surface area contributed by atoms with Crippen molar-refractivity contribution in [2.24, 2.45) is 5.92 Å². The smallest absolute Gasteiger partial charge is 0.162 e. The molecule has 90 valence electrons. The minimum absolute atomic E-state index is 0.193. The zero-order chi connectivity index (χ0) is 12.5. The minimum Gasteiger partial charge on any atom is -0.492 e. The van der Waals surface area contributed by atoms with E-state index in [9.17, 15) is 4.79 Å². The molecule has 0 N–H and O–H groups in total. The maximum absolute atomic E-state index is 11.8. The normalized spacial score (nSPS) is 22.3. The van der Waals surface area contributed by atoms with Crippen LogP contribution in [0.25, 0.3) is 0 Å². The largest absolute Gasteiger partial charge is 0.492 e. The van der Waals surface area contributed by atoms with Crippen molar-refractivity contribution in [3.8, 4) is 0 Å². The molecule has 0 aromatic rings. The third-order valence-electron chi connectivity index (χ3n) is 2.83. The van der Waals surface area contributed by atoms with E-state index in [2.05, 4.69) is 6.58 Å². The molecule has 0 amide bonds. The van der Waals surface area contributed by atoms with Gasteiger partial charge in [0.05, 0.1) is 0 Å². The second-order valence-electron chi connectivity index (χ2n) is 5.64. The Hall–Kier alpha value is -1.05. The van der Waals surface area contributed by atoms with Crippen LogP contribution in [-0.2, 0) is 9.53 Å². The highest BCUT2D eigenvalue weighted by molar-refractivity contribution is 5.96. The number of ether oxygens (including phenoxy) is 1. The maximum Gasteiger partial charge on any atom is 0.162 e. The molecule has 0 heterocycles. The molecular weight excluding hydrogens is 200 g/mol. The zero-order valence-corrected chi connectivity index (χ0v) is 11.0. The van der Waals surface area contributed by atoms with E-state index in [1.807, 2.05) is 34.6 Å². The predicted molar refractivity (Wildman–Crippen MR) is 66.1 cm³/mol. The van der Waals surface area contributed by atoms with E-state index in [4.69, 9.17) is 4.74 Å². The summed E-state index contributed by atoms with van der Waals surface area (Å²) in [6.45, 7) is 13.8. The topological polar surface area (TPSA) is 26.3 Å². The molecular formula is C14H22O2. The summed E-state index contributed by atoms with van der Waals surface area (Å²) < 4.78 is 5.86. The summed E-state index contributed by atoms with van der Waals surface area (Å²) in [5.74, 6) is 1.28. The number of carbonyl (C=O) groups excluding carboxylic acids is 1. The first kappa shape index (κ1) is 13.0. The molecule has 2 nitrogen and oxygen atoms in total. The summed E-state index contributed by atoms with van der Waals surface area (Å²) in [6, 6.07) is 0. The van der Waals surface area contributed by atoms with Gasteiger partial charge in [-0.1, -0.05) is 12.2 Å². The highest BCUT2D eigenvalue weighted by Gasteiger charge is 2.28. The van der Waals surface area contributed by atoms with Crippen molar-refractivity contribution in [2.75, 3.05) is 0 Å². The first-order valence-electron chi connectivity index (χ1n) is 5.78. The van der Waals surface area contributed by atoms with E-state index in [0.29, 0.717) is 6.42 Å². The number of hydrogen-bond donors (Lipinski definition) is 0. The lowest BCUT2D eigenvalue weighted by atomic mass is 9.84. The summed E-state index contributed by atoms with van der Waals surface area (Å²) in [4.78, 5) is 11.8. The Balaban J connectivity index is 2.92. The lowest BCUT2D eigenvalue weighted by Gasteiger charge is -2.30.